The molecule has 2 aromatic rings. The number of carbonyl (C=O) groups excluding carboxylic acids is 1. The second-order valence-electron chi connectivity index (χ2n) is 9.69. The molecule has 2 aliphatic rings. The van der Waals surface area contributed by atoms with Crippen molar-refractivity contribution in [1.29, 1.82) is 0 Å². The Morgan fingerprint density at radius 3 is 2.66 bits per heavy atom. The van der Waals surface area contributed by atoms with Crippen molar-refractivity contribution >= 4 is 29.0 Å². The highest BCUT2D eigenvalue weighted by Gasteiger charge is 2.29. The van der Waals surface area contributed by atoms with Crippen LogP contribution in [0.1, 0.15) is 29.5 Å². The van der Waals surface area contributed by atoms with Gasteiger partial charge in [0, 0.05) is 61.6 Å². The number of nitro benzene ring substituents is 1. The Morgan fingerprint density at radius 2 is 1.94 bits per heavy atom. The molecule has 1 aliphatic carbocycles. The molecule has 8 nitrogen and oxygen atoms in total. The Hall–Kier alpha value is -2.68. The molecule has 0 spiro atoms. The maximum absolute atomic E-state index is 13.5. The van der Waals surface area contributed by atoms with Crippen LogP contribution in [-0.4, -0.2) is 78.0 Å². The van der Waals surface area contributed by atoms with Gasteiger partial charge in [0.2, 0.25) is 0 Å². The second-order valence-corrected chi connectivity index (χ2v) is 10.1. The number of piperazine rings is 1. The van der Waals surface area contributed by atoms with Crippen molar-refractivity contribution < 1.29 is 9.72 Å². The SMILES string of the molecule is Cc1ccc(NC(=O)N(CCCN2CCN(C)CC2)C2CCc3ccc([N+](=O)[O-])cc3C2)cc1Cl. The van der Waals surface area contributed by atoms with E-state index in [2.05, 4.69) is 22.2 Å². The summed E-state index contributed by atoms with van der Waals surface area (Å²) in [5, 5.41) is 14.9. The van der Waals surface area contributed by atoms with Crippen molar-refractivity contribution in [2.24, 2.45) is 0 Å². The molecule has 1 N–H and O–H groups in total. The lowest BCUT2D eigenvalue weighted by molar-refractivity contribution is -0.384. The van der Waals surface area contributed by atoms with E-state index in [1.807, 2.05) is 30.0 Å². The number of carbonyl (C=O) groups is 1. The average molecular weight is 500 g/mol. The minimum absolute atomic E-state index is 0.0158. The second kappa shape index (κ2) is 11.4. The number of nitrogens with one attached hydrogen (secondary N) is 1. The lowest BCUT2D eigenvalue weighted by Gasteiger charge is -2.36. The predicted molar refractivity (Wildman–Crippen MR) is 139 cm³/mol. The highest BCUT2D eigenvalue weighted by Crippen LogP contribution is 2.29. The molecule has 0 aromatic heterocycles. The van der Waals surface area contributed by atoms with Crippen molar-refractivity contribution in [3.63, 3.8) is 0 Å². The fraction of sp³-hybridized carbons (Fsp3) is 0.500. The molecule has 4 rings (SSSR count). The van der Waals surface area contributed by atoms with Gasteiger partial charge in [-0.15, -0.1) is 0 Å². The van der Waals surface area contributed by atoms with Gasteiger partial charge < -0.3 is 20.0 Å². The number of hydrogen-bond donors (Lipinski definition) is 1. The van der Waals surface area contributed by atoms with Crippen LogP contribution in [0.15, 0.2) is 36.4 Å². The quantitative estimate of drug-likeness (QED) is 0.445. The van der Waals surface area contributed by atoms with Gasteiger partial charge in [-0.1, -0.05) is 23.7 Å². The van der Waals surface area contributed by atoms with Gasteiger partial charge in [0.1, 0.15) is 0 Å². The highest BCUT2D eigenvalue weighted by molar-refractivity contribution is 6.31. The number of non-ortho nitro benzene ring substituents is 1. The van der Waals surface area contributed by atoms with Gasteiger partial charge in [-0.2, -0.15) is 0 Å². The molecule has 0 bridgehead atoms. The van der Waals surface area contributed by atoms with E-state index >= 15 is 0 Å². The first-order chi connectivity index (χ1) is 16.8. The van der Waals surface area contributed by atoms with Gasteiger partial charge in [0.25, 0.3) is 5.69 Å². The summed E-state index contributed by atoms with van der Waals surface area (Å²) in [7, 11) is 2.14. The monoisotopic (exact) mass is 499 g/mol. The van der Waals surface area contributed by atoms with Crippen LogP contribution in [0.25, 0.3) is 0 Å². The van der Waals surface area contributed by atoms with Crippen LogP contribution >= 0.6 is 11.6 Å². The van der Waals surface area contributed by atoms with Crippen molar-refractivity contribution in [2.75, 3.05) is 51.6 Å². The number of urea groups is 1. The van der Waals surface area contributed by atoms with Gasteiger partial charge in [0.05, 0.1) is 4.92 Å². The first kappa shape index (κ1) is 25.4. The molecule has 9 heteroatoms. The van der Waals surface area contributed by atoms with Crippen LogP contribution in [-0.2, 0) is 12.8 Å². The zero-order valence-electron chi connectivity index (χ0n) is 20.5. The summed E-state index contributed by atoms with van der Waals surface area (Å²) >= 11 is 6.27. The maximum atomic E-state index is 13.5. The third-order valence-electron chi connectivity index (χ3n) is 7.20. The third kappa shape index (κ3) is 6.51. The number of anilines is 1. The molecule has 0 saturated carbocycles. The van der Waals surface area contributed by atoms with E-state index in [4.69, 9.17) is 11.6 Å². The lowest BCUT2D eigenvalue weighted by Crippen LogP contribution is -2.48. The first-order valence-corrected chi connectivity index (χ1v) is 12.7. The predicted octanol–water partition coefficient (Wildman–Crippen LogP) is 4.59. The molecule has 2 aromatic carbocycles. The zero-order valence-corrected chi connectivity index (χ0v) is 21.3. The molecule has 1 saturated heterocycles. The van der Waals surface area contributed by atoms with E-state index < -0.39 is 0 Å². The van der Waals surface area contributed by atoms with Crippen LogP contribution < -0.4 is 5.32 Å². The van der Waals surface area contributed by atoms with Crippen LogP contribution in [0.2, 0.25) is 5.02 Å². The Labute approximate surface area is 212 Å². The summed E-state index contributed by atoms with van der Waals surface area (Å²) in [5.41, 5.74) is 3.83. The van der Waals surface area contributed by atoms with Crippen molar-refractivity contribution in [2.45, 2.75) is 38.6 Å². The Morgan fingerprint density at radius 1 is 1.17 bits per heavy atom. The normalized spacial score (nSPS) is 18.7. The number of nitrogens with zero attached hydrogens (tertiary/aromatic N) is 4. The van der Waals surface area contributed by atoms with Crippen molar-refractivity contribution in [3.05, 3.63) is 68.2 Å². The number of hydrogen-bond acceptors (Lipinski definition) is 5. The molecule has 1 aliphatic heterocycles. The summed E-state index contributed by atoms with van der Waals surface area (Å²) in [5.74, 6) is 0. The molecular formula is C26H34ClN5O3. The number of halogens is 1. The standard InChI is InChI=1S/C26H34ClN5O3/c1-19-4-7-22(18-25(19)27)28-26(33)31(11-3-10-30-14-12-29(2)13-15-30)23-8-5-20-6-9-24(32(34)35)17-21(20)16-23/h4,6-7,9,17-18,23H,3,5,8,10-16H2,1-2H3,(H,28,33). The van der Waals surface area contributed by atoms with Crippen molar-refractivity contribution in [1.82, 2.24) is 14.7 Å². The topological polar surface area (TPSA) is 82.0 Å². The molecule has 188 valence electrons. The smallest absolute Gasteiger partial charge is 0.321 e. The number of nitro groups is 1. The number of fused-ring (bicyclic) bond motifs is 1. The Kier molecular flexibility index (Phi) is 8.26. The molecule has 1 atom stereocenters. The van der Waals surface area contributed by atoms with E-state index in [1.165, 1.54) is 0 Å². The summed E-state index contributed by atoms with van der Waals surface area (Å²) in [6, 6.07) is 10.5. The van der Waals surface area contributed by atoms with Gasteiger partial charge in [0.15, 0.2) is 0 Å². The molecular weight excluding hydrogens is 466 g/mol. The van der Waals surface area contributed by atoms with Crippen LogP contribution in [0.5, 0.6) is 0 Å². The number of likely N-dealkylation sites (N-methyl/N-ethyl adjacent to an activating group) is 1. The summed E-state index contributed by atoms with van der Waals surface area (Å²) in [6.45, 7) is 7.73. The molecule has 1 heterocycles. The highest BCUT2D eigenvalue weighted by atomic mass is 35.5. The van der Waals surface area contributed by atoms with Crippen LogP contribution in [0.3, 0.4) is 0 Å². The fourth-order valence-corrected chi connectivity index (χ4v) is 5.14. The van der Waals surface area contributed by atoms with E-state index in [9.17, 15) is 14.9 Å². The van der Waals surface area contributed by atoms with Gasteiger partial charge in [-0.05, 0) is 75.0 Å². The fourth-order valence-electron chi connectivity index (χ4n) is 4.96. The number of rotatable bonds is 7. The van der Waals surface area contributed by atoms with Gasteiger partial charge in [-0.25, -0.2) is 4.79 Å². The van der Waals surface area contributed by atoms with Gasteiger partial charge in [-0.3, -0.25) is 10.1 Å². The lowest BCUT2D eigenvalue weighted by atomic mass is 9.87. The van der Waals surface area contributed by atoms with Crippen molar-refractivity contribution in [3.8, 4) is 0 Å². The molecule has 0 radical (unpaired) electrons. The number of aryl methyl sites for hydroxylation is 2. The largest absolute Gasteiger partial charge is 0.322 e. The van der Waals surface area contributed by atoms with Crippen LogP contribution in [0, 0.1) is 17.0 Å². The minimum atomic E-state index is -0.356. The van der Waals surface area contributed by atoms with E-state index in [0.717, 1.165) is 68.7 Å². The van der Waals surface area contributed by atoms with Crippen LogP contribution in [0.4, 0.5) is 16.2 Å². The third-order valence-corrected chi connectivity index (χ3v) is 7.60. The van der Waals surface area contributed by atoms with E-state index in [-0.39, 0.29) is 22.7 Å². The molecule has 1 unspecified atom stereocenters. The maximum Gasteiger partial charge on any atom is 0.322 e. The summed E-state index contributed by atoms with van der Waals surface area (Å²) in [6.07, 6.45) is 3.13. The van der Waals surface area contributed by atoms with Gasteiger partial charge >= 0.3 is 6.03 Å². The number of benzene rings is 2. The van der Waals surface area contributed by atoms with E-state index in [1.54, 1.807) is 18.2 Å². The molecule has 1 fully saturated rings. The number of amides is 2. The molecule has 2 amide bonds. The average Bonchev–Trinajstić information content (AvgIpc) is 2.84. The van der Waals surface area contributed by atoms with E-state index in [0.29, 0.717) is 23.7 Å². The summed E-state index contributed by atoms with van der Waals surface area (Å²) in [4.78, 5) is 31.1. The minimum Gasteiger partial charge on any atom is -0.321 e. The Balaban J connectivity index is 1.47. The molecule has 35 heavy (non-hydrogen) atoms. The first-order valence-electron chi connectivity index (χ1n) is 12.3. The Bertz CT molecular complexity index is 1070. The summed E-state index contributed by atoms with van der Waals surface area (Å²) < 4.78 is 0. The zero-order chi connectivity index (χ0) is 24.9.